The third-order valence-corrected chi connectivity index (χ3v) is 5.73. The van der Waals surface area contributed by atoms with E-state index in [0.717, 1.165) is 41.6 Å². The molecule has 3 aromatic rings. The van der Waals surface area contributed by atoms with Crippen molar-refractivity contribution in [3.05, 3.63) is 71.2 Å². The van der Waals surface area contributed by atoms with Crippen molar-refractivity contribution in [1.82, 2.24) is 19.8 Å². The van der Waals surface area contributed by atoms with Crippen LogP contribution in [0.15, 0.2) is 54.0 Å². The van der Waals surface area contributed by atoms with E-state index in [1.165, 1.54) is 23.5 Å². The molecule has 1 aromatic carbocycles. The minimum absolute atomic E-state index is 0.0913. The SMILES string of the molecule is O=C(Cc1csc(-c2cccc(F)c2)n1)N1CCN(Cc2ccccn2)CC1. The number of benzene rings is 1. The van der Waals surface area contributed by atoms with Gasteiger partial charge in [-0.15, -0.1) is 11.3 Å². The first kappa shape index (κ1) is 18.7. The zero-order valence-corrected chi connectivity index (χ0v) is 16.2. The first-order valence-corrected chi connectivity index (χ1v) is 10.2. The molecular formula is C21H21FN4OS. The Morgan fingerprint density at radius 2 is 1.93 bits per heavy atom. The van der Waals surface area contributed by atoms with Crippen LogP contribution in [0.5, 0.6) is 0 Å². The second-order valence-electron chi connectivity index (χ2n) is 6.81. The number of hydrogen-bond acceptors (Lipinski definition) is 5. The molecule has 1 saturated heterocycles. The monoisotopic (exact) mass is 396 g/mol. The molecule has 0 atom stereocenters. The van der Waals surface area contributed by atoms with E-state index in [4.69, 9.17) is 0 Å². The smallest absolute Gasteiger partial charge is 0.228 e. The van der Waals surface area contributed by atoms with Crippen molar-refractivity contribution < 1.29 is 9.18 Å². The molecule has 2 aromatic heterocycles. The predicted octanol–water partition coefficient (Wildman–Crippen LogP) is 3.23. The molecule has 28 heavy (non-hydrogen) atoms. The average molecular weight is 396 g/mol. The maximum atomic E-state index is 13.4. The summed E-state index contributed by atoms with van der Waals surface area (Å²) >= 11 is 1.44. The van der Waals surface area contributed by atoms with E-state index in [1.807, 2.05) is 34.5 Å². The topological polar surface area (TPSA) is 49.3 Å². The second-order valence-corrected chi connectivity index (χ2v) is 7.67. The molecule has 0 unspecified atom stereocenters. The van der Waals surface area contributed by atoms with E-state index in [9.17, 15) is 9.18 Å². The number of pyridine rings is 1. The van der Waals surface area contributed by atoms with Gasteiger partial charge < -0.3 is 4.90 Å². The van der Waals surface area contributed by atoms with E-state index in [0.29, 0.717) is 13.1 Å². The van der Waals surface area contributed by atoms with Crippen molar-refractivity contribution in [2.75, 3.05) is 26.2 Å². The Bertz CT molecular complexity index is 938. The maximum Gasteiger partial charge on any atom is 0.228 e. The fourth-order valence-electron chi connectivity index (χ4n) is 3.29. The second kappa shape index (κ2) is 8.58. The van der Waals surface area contributed by atoms with Crippen LogP contribution in [0, 0.1) is 5.82 Å². The van der Waals surface area contributed by atoms with Crippen molar-refractivity contribution in [3.8, 4) is 10.6 Å². The fraction of sp³-hybridized carbons (Fsp3) is 0.286. The van der Waals surface area contributed by atoms with Gasteiger partial charge in [-0.3, -0.25) is 14.7 Å². The van der Waals surface area contributed by atoms with Gasteiger partial charge in [-0.05, 0) is 24.3 Å². The van der Waals surface area contributed by atoms with Crippen LogP contribution in [-0.4, -0.2) is 51.9 Å². The van der Waals surface area contributed by atoms with Gasteiger partial charge in [-0.1, -0.05) is 18.2 Å². The Morgan fingerprint density at radius 1 is 1.07 bits per heavy atom. The number of hydrogen-bond donors (Lipinski definition) is 0. The number of carbonyl (C=O) groups excluding carboxylic acids is 1. The van der Waals surface area contributed by atoms with E-state index >= 15 is 0 Å². The molecule has 4 rings (SSSR count). The van der Waals surface area contributed by atoms with Gasteiger partial charge in [0.1, 0.15) is 10.8 Å². The van der Waals surface area contributed by atoms with Gasteiger partial charge in [-0.25, -0.2) is 9.37 Å². The number of aromatic nitrogens is 2. The molecule has 0 aliphatic carbocycles. The molecule has 1 aliphatic rings. The molecular weight excluding hydrogens is 375 g/mol. The Kier molecular flexibility index (Phi) is 5.73. The molecule has 144 valence electrons. The quantitative estimate of drug-likeness (QED) is 0.664. The molecule has 7 heteroatoms. The number of rotatable bonds is 5. The van der Waals surface area contributed by atoms with E-state index < -0.39 is 0 Å². The highest BCUT2D eigenvalue weighted by molar-refractivity contribution is 7.13. The van der Waals surface area contributed by atoms with Crippen molar-refractivity contribution in [2.24, 2.45) is 0 Å². The summed E-state index contributed by atoms with van der Waals surface area (Å²) in [7, 11) is 0. The molecule has 5 nitrogen and oxygen atoms in total. The number of piperazine rings is 1. The van der Waals surface area contributed by atoms with Crippen molar-refractivity contribution in [1.29, 1.82) is 0 Å². The lowest BCUT2D eigenvalue weighted by Gasteiger charge is -2.34. The number of carbonyl (C=O) groups is 1. The van der Waals surface area contributed by atoms with Gasteiger partial charge in [0.25, 0.3) is 0 Å². The van der Waals surface area contributed by atoms with Crippen LogP contribution in [0.2, 0.25) is 0 Å². The van der Waals surface area contributed by atoms with Crippen LogP contribution in [-0.2, 0) is 17.8 Å². The van der Waals surface area contributed by atoms with Crippen molar-refractivity contribution in [3.63, 3.8) is 0 Å². The minimum atomic E-state index is -0.283. The van der Waals surface area contributed by atoms with Gasteiger partial charge >= 0.3 is 0 Å². The molecule has 0 radical (unpaired) electrons. The fourth-order valence-corrected chi connectivity index (χ4v) is 4.10. The minimum Gasteiger partial charge on any atom is -0.340 e. The summed E-state index contributed by atoms with van der Waals surface area (Å²) in [6.07, 6.45) is 2.09. The zero-order valence-electron chi connectivity index (χ0n) is 15.4. The van der Waals surface area contributed by atoms with Gasteiger partial charge in [0.15, 0.2) is 0 Å². The summed E-state index contributed by atoms with van der Waals surface area (Å²) in [6.45, 7) is 3.92. The Balaban J connectivity index is 1.30. The Hall–Kier alpha value is -2.64. The number of nitrogens with zero attached hydrogens (tertiary/aromatic N) is 4. The van der Waals surface area contributed by atoms with Crippen LogP contribution in [0.3, 0.4) is 0 Å². The lowest BCUT2D eigenvalue weighted by molar-refractivity contribution is -0.132. The van der Waals surface area contributed by atoms with Crippen molar-refractivity contribution in [2.45, 2.75) is 13.0 Å². The highest BCUT2D eigenvalue weighted by Crippen LogP contribution is 2.24. The maximum absolute atomic E-state index is 13.4. The van der Waals surface area contributed by atoms with Crippen LogP contribution in [0.1, 0.15) is 11.4 Å². The zero-order chi connectivity index (χ0) is 19.3. The Labute approximate surface area is 167 Å². The number of amides is 1. The first-order valence-electron chi connectivity index (χ1n) is 9.28. The lowest BCUT2D eigenvalue weighted by atomic mass is 10.2. The van der Waals surface area contributed by atoms with Gasteiger partial charge in [0.05, 0.1) is 17.8 Å². The molecule has 0 bridgehead atoms. The third-order valence-electron chi connectivity index (χ3n) is 4.79. The van der Waals surface area contributed by atoms with Gasteiger partial charge in [0.2, 0.25) is 5.91 Å². The molecule has 1 fully saturated rings. The van der Waals surface area contributed by atoms with Crippen LogP contribution < -0.4 is 0 Å². The summed E-state index contributed by atoms with van der Waals surface area (Å²) in [5, 5.41) is 2.62. The summed E-state index contributed by atoms with van der Waals surface area (Å²) in [6, 6.07) is 12.3. The molecule has 0 saturated carbocycles. The summed E-state index contributed by atoms with van der Waals surface area (Å²) in [5.41, 5.74) is 2.53. The molecule has 1 amide bonds. The highest BCUT2D eigenvalue weighted by Gasteiger charge is 2.22. The predicted molar refractivity (Wildman–Crippen MR) is 107 cm³/mol. The van der Waals surface area contributed by atoms with Crippen LogP contribution in [0.25, 0.3) is 10.6 Å². The lowest BCUT2D eigenvalue weighted by Crippen LogP contribution is -2.48. The molecule has 3 heterocycles. The van der Waals surface area contributed by atoms with E-state index in [2.05, 4.69) is 14.9 Å². The van der Waals surface area contributed by atoms with Gasteiger partial charge in [0, 0.05) is 49.9 Å². The summed E-state index contributed by atoms with van der Waals surface area (Å²) in [4.78, 5) is 25.7. The molecule has 1 aliphatic heterocycles. The standard InChI is InChI=1S/C21H21FN4OS/c22-17-5-3-4-16(12-17)21-24-19(15-28-21)13-20(27)26-10-8-25(9-11-26)14-18-6-1-2-7-23-18/h1-7,12,15H,8-11,13-14H2. The van der Waals surface area contributed by atoms with E-state index in [-0.39, 0.29) is 18.1 Å². The molecule has 0 spiro atoms. The largest absolute Gasteiger partial charge is 0.340 e. The van der Waals surface area contributed by atoms with Crippen LogP contribution in [0.4, 0.5) is 4.39 Å². The first-order chi connectivity index (χ1) is 13.7. The normalized spacial score (nSPS) is 15.0. The Morgan fingerprint density at radius 3 is 2.68 bits per heavy atom. The number of thiazole rings is 1. The van der Waals surface area contributed by atoms with Gasteiger partial charge in [-0.2, -0.15) is 0 Å². The highest BCUT2D eigenvalue weighted by atomic mass is 32.1. The third kappa shape index (κ3) is 4.61. The summed E-state index contributed by atoms with van der Waals surface area (Å²) < 4.78 is 13.4. The van der Waals surface area contributed by atoms with Crippen molar-refractivity contribution >= 4 is 17.2 Å². The summed E-state index contributed by atoms with van der Waals surface area (Å²) in [5.74, 6) is -0.192. The molecule has 0 N–H and O–H groups in total. The number of halogens is 1. The average Bonchev–Trinajstić information content (AvgIpc) is 3.18. The van der Waals surface area contributed by atoms with E-state index in [1.54, 1.807) is 12.3 Å². The van der Waals surface area contributed by atoms with Crippen LogP contribution >= 0.6 is 11.3 Å².